The summed E-state index contributed by atoms with van der Waals surface area (Å²) in [6, 6.07) is 101. The molecule has 16 aromatic rings. The Morgan fingerprint density at radius 1 is 0.281 bits per heavy atom. The van der Waals surface area contributed by atoms with Crippen LogP contribution in [0.3, 0.4) is 0 Å². The van der Waals surface area contributed by atoms with Gasteiger partial charge in [-0.1, -0.05) is 188 Å². The number of fused-ring (bicyclic) bond motifs is 6. The van der Waals surface area contributed by atoms with E-state index in [4.69, 9.17) is 19.9 Å². The van der Waals surface area contributed by atoms with Crippen LogP contribution in [-0.4, -0.2) is 29.1 Å². The largest absolute Gasteiger partial charge is 0.309 e. The smallest absolute Gasteiger partial charge is 0.0991 e. The van der Waals surface area contributed by atoms with E-state index in [1.54, 1.807) is 0 Å². The molecule has 89 heavy (non-hydrogen) atoms. The normalized spacial score (nSPS) is 11.4. The SMILES string of the molecule is Cc1c(-n2c3ccc(-c4cccnc4-c4ccccc4)cc3c3cc(-c4cccnc4-c4ccccc4)ccc32)ccc(-c2cccc(C#N)c2)c1-n1c2ccc(-c3cccnc3-c3ccccc3)cc2c2cc(-c3cccnc3-c3ccccc3)ccc21. The molecule has 0 aliphatic carbocycles. The van der Waals surface area contributed by atoms with E-state index in [1.807, 2.05) is 91.5 Å². The molecule has 0 fully saturated rings. The number of pyridine rings is 4. The standard InChI is InChI=1S/C82H53N7/c1-53-73(88-74-38-33-60(64-29-15-43-84-78(64)55-20-6-2-7-21-55)48-69(74)70-49-61(34-39-75(70)88)65-30-16-44-85-79(65)56-22-8-3-9-23-56)42-37-68(59-28-14-19-54(47-59)52-83)82(53)89-76-40-35-62(66-31-17-45-86-80(66)57-24-10-4-11-25-57)50-71(76)72-51-63(36-41-77(72)89)67-32-18-46-87-81(67)58-26-12-5-13-27-58/h2-51H,1H3. The second kappa shape index (κ2) is 22.1. The van der Waals surface area contributed by atoms with Gasteiger partial charge in [-0.05, 0) is 131 Å². The number of aromatic nitrogens is 6. The van der Waals surface area contributed by atoms with Gasteiger partial charge in [0.1, 0.15) is 0 Å². The monoisotopic (exact) mass is 1140 g/mol. The Bertz CT molecular complexity index is 5170. The van der Waals surface area contributed by atoms with Crippen molar-refractivity contribution in [3.8, 4) is 118 Å². The van der Waals surface area contributed by atoms with Crippen molar-refractivity contribution in [2.45, 2.75) is 6.92 Å². The Balaban J connectivity index is 0.975. The Morgan fingerprint density at radius 2 is 0.607 bits per heavy atom. The Kier molecular flexibility index (Phi) is 13.0. The lowest BCUT2D eigenvalue weighted by atomic mass is 9.96. The second-order valence-electron chi connectivity index (χ2n) is 22.5. The second-order valence-corrected chi connectivity index (χ2v) is 22.5. The maximum absolute atomic E-state index is 10.5. The highest BCUT2D eigenvalue weighted by Gasteiger charge is 2.25. The fourth-order valence-corrected chi connectivity index (χ4v) is 13.3. The Morgan fingerprint density at radius 3 is 0.955 bits per heavy atom. The molecule has 0 amide bonds. The van der Waals surface area contributed by atoms with Crippen molar-refractivity contribution in [2.24, 2.45) is 0 Å². The average Bonchev–Trinajstić information content (AvgIpc) is 1.82. The van der Waals surface area contributed by atoms with Gasteiger partial charge in [-0.15, -0.1) is 0 Å². The minimum atomic E-state index is 0.588. The highest BCUT2D eigenvalue weighted by atomic mass is 15.0. The number of nitrogens with zero attached hydrogens (tertiary/aromatic N) is 7. The van der Waals surface area contributed by atoms with E-state index in [-0.39, 0.29) is 0 Å². The minimum absolute atomic E-state index is 0.588. The fraction of sp³-hybridized carbons (Fsp3) is 0.0122. The zero-order valence-corrected chi connectivity index (χ0v) is 48.5. The molecule has 0 radical (unpaired) electrons. The van der Waals surface area contributed by atoms with Crippen LogP contribution in [0.1, 0.15) is 11.1 Å². The van der Waals surface area contributed by atoms with Crippen LogP contribution in [0.25, 0.3) is 156 Å². The van der Waals surface area contributed by atoms with E-state index in [0.717, 1.165) is 161 Å². The van der Waals surface area contributed by atoms with E-state index < -0.39 is 0 Å². The summed E-state index contributed by atoms with van der Waals surface area (Å²) in [7, 11) is 0. The molecule has 7 nitrogen and oxygen atoms in total. The van der Waals surface area contributed by atoms with E-state index >= 15 is 0 Å². The lowest BCUT2D eigenvalue weighted by Crippen LogP contribution is -2.06. The van der Waals surface area contributed by atoms with E-state index in [9.17, 15) is 5.26 Å². The van der Waals surface area contributed by atoms with Crippen LogP contribution in [0.15, 0.2) is 304 Å². The molecule has 416 valence electrons. The Hall–Kier alpha value is -12.1. The summed E-state index contributed by atoms with van der Waals surface area (Å²) in [4.78, 5) is 19.9. The van der Waals surface area contributed by atoms with Gasteiger partial charge in [-0.25, -0.2) is 0 Å². The molecule has 0 spiro atoms. The molecule has 0 bridgehead atoms. The van der Waals surface area contributed by atoms with Crippen LogP contribution in [0.4, 0.5) is 0 Å². The van der Waals surface area contributed by atoms with Crippen LogP contribution in [0.2, 0.25) is 0 Å². The summed E-state index contributed by atoms with van der Waals surface area (Å²) in [6.45, 7) is 2.26. The predicted molar refractivity (Wildman–Crippen MR) is 365 cm³/mol. The lowest BCUT2D eigenvalue weighted by Gasteiger charge is -2.21. The van der Waals surface area contributed by atoms with Crippen molar-refractivity contribution in [1.29, 1.82) is 5.26 Å². The molecule has 10 aromatic carbocycles. The molecule has 6 aromatic heterocycles. The number of hydrogen-bond donors (Lipinski definition) is 0. The van der Waals surface area contributed by atoms with Gasteiger partial charge in [0.15, 0.2) is 0 Å². The first-order valence-electron chi connectivity index (χ1n) is 29.9. The van der Waals surface area contributed by atoms with Gasteiger partial charge in [0.05, 0.1) is 67.8 Å². The molecule has 0 saturated carbocycles. The van der Waals surface area contributed by atoms with Crippen molar-refractivity contribution in [2.75, 3.05) is 0 Å². The maximum Gasteiger partial charge on any atom is 0.0991 e. The third kappa shape index (κ3) is 9.14. The predicted octanol–water partition coefficient (Wildman–Crippen LogP) is 20.6. The summed E-state index contributed by atoms with van der Waals surface area (Å²) >= 11 is 0. The zero-order valence-electron chi connectivity index (χ0n) is 48.5. The van der Waals surface area contributed by atoms with Crippen LogP contribution in [0, 0.1) is 18.3 Å². The van der Waals surface area contributed by atoms with Crippen LogP contribution >= 0.6 is 0 Å². The number of hydrogen-bond acceptors (Lipinski definition) is 5. The molecule has 6 heterocycles. The first-order chi connectivity index (χ1) is 44.0. The van der Waals surface area contributed by atoms with E-state index in [0.29, 0.717) is 5.56 Å². The highest BCUT2D eigenvalue weighted by Crippen LogP contribution is 2.46. The summed E-state index contributed by atoms with van der Waals surface area (Å²) in [5, 5.41) is 14.8. The van der Waals surface area contributed by atoms with Crippen molar-refractivity contribution >= 4 is 43.6 Å². The molecule has 0 atom stereocenters. The quantitative estimate of drug-likeness (QED) is 0.129. The molecule has 16 rings (SSSR count). The first-order valence-corrected chi connectivity index (χ1v) is 29.9. The molecule has 0 N–H and O–H groups in total. The van der Waals surface area contributed by atoms with Gasteiger partial charge in [-0.2, -0.15) is 5.26 Å². The molecule has 0 saturated heterocycles. The van der Waals surface area contributed by atoms with E-state index in [2.05, 4.69) is 234 Å². The lowest BCUT2D eigenvalue weighted by molar-refractivity contribution is 1.10. The third-order valence-electron chi connectivity index (χ3n) is 17.4. The summed E-state index contributed by atoms with van der Waals surface area (Å²) < 4.78 is 4.90. The van der Waals surface area contributed by atoms with Crippen molar-refractivity contribution in [3.05, 3.63) is 315 Å². The molecular weight excluding hydrogens is 1080 g/mol. The summed E-state index contributed by atoms with van der Waals surface area (Å²) in [6.07, 6.45) is 7.50. The first kappa shape index (κ1) is 52.4. The summed E-state index contributed by atoms with van der Waals surface area (Å²) in [5.74, 6) is 0. The van der Waals surface area contributed by atoms with Crippen LogP contribution in [0.5, 0.6) is 0 Å². The Labute approximate surface area is 515 Å². The van der Waals surface area contributed by atoms with Gasteiger partial charge in [0.2, 0.25) is 0 Å². The number of nitriles is 1. The zero-order chi connectivity index (χ0) is 59.4. The van der Waals surface area contributed by atoms with Gasteiger partial charge < -0.3 is 9.13 Å². The molecule has 0 aliphatic rings. The number of rotatable bonds is 11. The van der Waals surface area contributed by atoms with Gasteiger partial charge in [0, 0.05) is 96.4 Å². The molecule has 7 heteroatoms. The molecule has 0 unspecified atom stereocenters. The fourth-order valence-electron chi connectivity index (χ4n) is 13.3. The molecule has 0 aliphatic heterocycles. The van der Waals surface area contributed by atoms with Crippen LogP contribution < -0.4 is 0 Å². The molecular formula is C82H53N7. The minimum Gasteiger partial charge on any atom is -0.309 e. The third-order valence-corrected chi connectivity index (χ3v) is 17.4. The van der Waals surface area contributed by atoms with Crippen molar-refractivity contribution < 1.29 is 0 Å². The van der Waals surface area contributed by atoms with Gasteiger partial charge in [-0.3, -0.25) is 19.9 Å². The van der Waals surface area contributed by atoms with Gasteiger partial charge in [0.25, 0.3) is 0 Å². The van der Waals surface area contributed by atoms with Crippen molar-refractivity contribution in [3.63, 3.8) is 0 Å². The van der Waals surface area contributed by atoms with E-state index in [1.165, 1.54) is 0 Å². The maximum atomic E-state index is 10.5. The summed E-state index contributed by atoms with van der Waals surface area (Å²) in [5.41, 5.74) is 26.1. The number of benzene rings is 10. The average molecular weight is 1140 g/mol. The highest BCUT2D eigenvalue weighted by molar-refractivity contribution is 6.15. The topological polar surface area (TPSA) is 85.2 Å². The van der Waals surface area contributed by atoms with Crippen LogP contribution in [-0.2, 0) is 0 Å². The van der Waals surface area contributed by atoms with Gasteiger partial charge >= 0.3 is 0 Å². The van der Waals surface area contributed by atoms with Crippen molar-refractivity contribution in [1.82, 2.24) is 29.1 Å².